The molecule has 59 heavy (non-hydrogen) atoms. The predicted octanol–water partition coefficient (Wildman–Crippen LogP) is 7.14. The number of aliphatic hydroxyl groups excluding tert-OH is 7. The second-order valence-corrected chi connectivity index (χ2v) is 17.5. The number of aliphatic hydroxyl groups is 7. The molecule has 1 amide bonds. The van der Waals surface area contributed by atoms with Crippen molar-refractivity contribution < 1.29 is 59.0 Å². The van der Waals surface area contributed by atoms with E-state index in [0.717, 1.165) is 77.0 Å². The Kier molecular flexibility index (Phi) is 32.6. The minimum Gasteiger partial charge on any atom is -0.393 e. The van der Waals surface area contributed by atoms with Gasteiger partial charge >= 0.3 is 7.82 Å². The van der Waals surface area contributed by atoms with Crippen LogP contribution < -0.4 is 5.32 Å². The quantitative estimate of drug-likeness (QED) is 0.0174. The number of allylic oxidation sites excluding steroid dienone is 7. The van der Waals surface area contributed by atoms with Crippen molar-refractivity contribution >= 4 is 13.7 Å². The van der Waals surface area contributed by atoms with Gasteiger partial charge in [-0.2, -0.15) is 0 Å². The average Bonchev–Trinajstić information content (AvgIpc) is 3.21. The first-order chi connectivity index (χ1) is 28.3. The van der Waals surface area contributed by atoms with Gasteiger partial charge in [-0.25, -0.2) is 4.57 Å². The summed E-state index contributed by atoms with van der Waals surface area (Å²) >= 11 is 0. The summed E-state index contributed by atoms with van der Waals surface area (Å²) in [6.45, 7) is 3.62. The normalized spacial score (nSPS) is 24.0. The SMILES string of the molecule is CCCC/C=C/CC/C=C/C(O)C(COP(=O)(O)OC1C(O)C(O)C(O)C(O)C1O)NC(=O)CC(O)CCCCCCC/C=C\C/C=C\CCCCCCCCCCC. The van der Waals surface area contributed by atoms with E-state index >= 15 is 0 Å². The van der Waals surface area contributed by atoms with Gasteiger partial charge in [-0.3, -0.25) is 13.8 Å². The molecule has 0 aromatic rings. The van der Waals surface area contributed by atoms with Gasteiger partial charge in [0.1, 0.15) is 36.6 Å². The van der Waals surface area contributed by atoms with Crippen molar-refractivity contribution in [3.05, 3.63) is 48.6 Å². The lowest BCUT2D eigenvalue weighted by atomic mass is 9.85. The molecule has 0 spiro atoms. The summed E-state index contributed by atoms with van der Waals surface area (Å²) in [6.07, 6.45) is 26.8. The number of amides is 1. The number of carbonyl (C=O) groups is 1. The Morgan fingerprint density at radius 2 is 1.07 bits per heavy atom. The predicted molar refractivity (Wildman–Crippen MR) is 233 cm³/mol. The van der Waals surface area contributed by atoms with Gasteiger partial charge in [-0.05, 0) is 57.8 Å². The van der Waals surface area contributed by atoms with Crippen molar-refractivity contribution in [2.75, 3.05) is 6.61 Å². The molecule has 0 saturated heterocycles. The summed E-state index contributed by atoms with van der Waals surface area (Å²) in [5.41, 5.74) is 0. The Hall–Kier alpha value is -1.74. The summed E-state index contributed by atoms with van der Waals surface area (Å²) in [5, 5.41) is 74.1. The lowest BCUT2D eigenvalue weighted by Crippen LogP contribution is -2.64. The molecule has 1 saturated carbocycles. The third kappa shape index (κ3) is 27.0. The zero-order chi connectivity index (χ0) is 43.7. The van der Waals surface area contributed by atoms with E-state index in [9.17, 15) is 50.0 Å². The zero-order valence-electron chi connectivity index (χ0n) is 36.2. The summed E-state index contributed by atoms with van der Waals surface area (Å²) in [6, 6.07) is -1.26. The molecule has 9 N–H and O–H groups in total. The van der Waals surface area contributed by atoms with Crippen molar-refractivity contribution in [2.24, 2.45) is 0 Å². The van der Waals surface area contributed by atoms with Crippen LogP contribution in [0, 0.1) is 0 Å². The minimum absolute atomic E-state index is 0.264. The van der Waals surface area contributed by atoms with Gasteiger partial charge in [0.25, 0.3) is 0 Å². The lowest BCUT2D eigenvalue weighted by Gasteiger charge is -2.41. The van der Waals surface area contributed by atoms with Crippen molar-refractivity contribution in [3.8, 4) is 0 Å². The van der Waals surface area contributed by atoms with Crippen molar-refractivity contribution in [1.82, 2.24) is 5.32 Å². The first-order valence-corrected chi connectivity index (χ1v) is 24.2. The first kappa shape index (κ1) is 55.3. The van der Waals surface area contributed by atoms with Crippen molar-refractivity contribution in [3.63, 3.8) is 0 Å². The Morgan fingerprint density at radius 3 is 1.64 bits per heavy atom. The fourth-order valence-electron chi connectivity index (χ4n) is 6.86. The molecule has 0 aromatic carbocycles. The summed E-state index contributed by atoms with van der Waals surface area (Å²) < 4.78 is 22.7. The topological polar surface area (TPSA) is 226 Å². The highest BCUT2D eigenvalue weighted by Crippen LogP contribution is 2.47. The number of phosphoric acid groups is 1. The van der Waals surface area contributed by atoms with Crippen molar-refractivity contribution in [2.45, 2.75) is 223 Å². The van der Waals surface area contributed by atoms with E-state index in [-0.39, 0.29) is 6.42 Å². The summed E-state index contributed by atoms with van der Waals surface area (Å²) in [4.78, 5) is 23.3. The highest BCUT2D eigenvalue weighted by Gasteiger charge is 2.51. The maximum atomic E-state index is 12.9. The Balaban J connectivity index is 2.45. The zero-order valence-corrected chi connectivity index (χ0v) is 37.0. The molecule has 0 heterocycles. The molecule has 1 fully saturated rings. The number of nitrogens with one attached hydrogen (secondary N) is 1. The fraction of sp³-hybridized carbons (Fsp3) is 0.800. The average molecular weight is 860 g/mol. The molecule has 8 unspecified atom stereocenters. The van der Waals surface area contributed by atoms with Crippen LogP contribution >= 0.6 is 7.82 Å². The maximum absolute atomic E-state index is 12.9. The Labute approximate surface area is 355 Å². The van der Waals surface area contributed by atoms with E-state index in [1.807, 2.05) is 6.08 Å². The number of unbranched alkanes of at least 4 members (excludes halogenated alkanes) is 17. The second-order valence-electron chi connectivity index (χ2n) is 16.1. The van der Waals surface area contributed by atoms with Crippen molar-refractivity contribution in [1.29, 1.82) is 0 Å². The number of carbonyl (C=O) groups excluding carboxylic acids is 1. The third-order valence-electron chi connectivity index (χ3n) is 10.6. The maximum Gasteiger partial charge on any atom is 0.472 e. The standard InChI is InChI=1S/C45H82NO12P/c1-3-5-7-9-11-13-14-15-16-17-18-19-20-21-22-23-24-25-26-28-30-32-36(47)34-39(49)46-37(38(48)33-31-29-27-12-10-8-6-4-2)35-57-59(55,56)58-45-43(53)41(51)40(50)42(52)44(45)54/h10,12,18-19,21-22,31,33,36-38,40-45,47-48,50-54H,3-9,11,13-17,20,23-30,32,34-35H2,1-2H3,(H,46,49)(H,55,56)/b12-10+,19-18-,22-21-,33-31+. The van der Waals surface area contributed by atoms with Crippen LogP contribution in [-0.4, -0.2) is 108 Å². The van der Waals surface area contributed by atoms with E-state index < -0.39 is 75.2 Å². The van der Waals surface area contributed by atoms with Crippen LogP contribution in [0.2, 0.25) is 0 Å². The Morgan fingerprint density at radius 1 is 0.610 bits per heavy atom. The smallest absolute Gasteiger partial charge is 0.393 e. The third-order valence-corrected chi connectivity index (χ3v) is 11.6. The first-order valence-electron chi connectivity index (χ1n) is 22.7. The molecular formula is C45H82NO12P. The molecule has 1 aliphatic rings. The summed E-state index contributed by atoms with van der Waals surface area (Å²) in [5.74, 6) is -0.616. The highest BCUT2D eigenvalue weighted by molar-refractivity contribution is 7.47. The van der Waals surface area contributed by atoms with Crippen LogP contribution in [0.1, 0.15) is 168 Å². The van der Waals surface area contributed by atoms with Crippen LogP contribution in [0.3, 0.4) is 0 Å². The van der Waals surface area contributed by atoms with E-state index in [4.69, 9.17) is 9.05 Å². The van der Waals surface area contributed by atoms with Gasteiger partial charge in [-0.1, -0.05) is 152 Å². The van der Waals surface area contributed by atoms with Gasteiger partial charge in [0.15, 0.2) is 0 Å². The lowest BCUT2D eigenvalue weighted by molar-refractivity contribution is -0.220. The molecule has 0 radical (unpaired) electrons. The van der Waals surface area contributed by atoms with Gasteiger partial charge in [-0.15, -0.1) is 0 Å². The highest BCUT2D eigenvalue weighted by atomic mass is 31.2. The minimum atomic E-state index is -5.14. The molecule has 1 rings (SSSR count). The summed E-state index contributed by atoms with van der Waals surface area (Å²) in [7, 11) is -5.14. The van der Waals surface area contributed by atoms with E-state index in [2.05, 4.69) is 49.5 Å². The number of hydrogen-bond acceptors (Lipinski definition) is 11. The Bertz CT molecular complexity index is 1200. The fourth-order valence-corrected chi connectivity index (χ4v) is 7.83. The molecule has 0 bridgehead atoms. The molecule has 14 heteroatoms. The monoisotopic (exact) mass is 860 g/mol. The van der Waals surface area contributed by atoms with Crippen LogP contribution in [0.4, 0.5) is 0 Å². The molecular weight excluding hydrogens is 777 g/mol. The molecule has 8 atom stereocenters. The van der Waals surface area contributed by atoms with Gasteiger partial charge < -0.3 is 46.0 Å². The van der Waals surface area contributed by atoms with E-state index in [1.165, 1.54) is 63.9 Å². The number of rotatable bonds is 36. The number of phosphoric ester groups is 1. The molecule has 1 aliphatic carbocycles. The molecule has 0 aliphatic heterocycles. The van der Waals surface area contributed by atoms with Crippen LogP contribution in [0.15, 0.2) is 48.6 Å². The van der Waals surface area contributed by atoms with Crippen LogP contribution in [0.5, 0.6) is 0 Å². The van der Waals surface area contributed by atoms with Crippen LogP contribution in [-0.2, 0) is 18.4 Å². The van der Waals surface area contributed by atoms with Crippen LogP contribution in [0.25, 0.3) is 0 Å². The number of hydrogen-bond donors (Lipinski definition) is 9. The molecule has 344 valence electrons. The van der Waals surface area contributed by atoms with Gasteiger partial charge in [0, 0.05) is 0 Å². The molecule has 13 nitrogen and oxygen atoms in total. The van der Waals surface area contributed by atoms with E-state index in [0.29, 0.717) is 12.8 Å². The molecule has 0 aromatic heterocycles. The van der Waals surface area contributed by atoms with Gasteiger partial charge in [0.2, 0.25) is 5.91 Å². The second kappa shape index (κ2) is 34.8. The largest absolute Gasteiger partial charge is 0.472 e. The van der Waals surface area contributed by atoms with Gasteiger partial charge in [0.05, 0.1) is 31.3 Å². The van der Waals surface area contributed by atoms with E-state index in [1.54, 1.807) is 6.08 Å².